The smallest absolute Gasteiger partial charge is 0.143 e. The number of para-hydroxylation sites is 1. The Morgan fingerprint density at radius 2 is 2.21 bits per heavy atom. The lowest BCUT2D eigenvalue weighted by Gasteiger charge is -2.11. The molecule has 1 aromatic carbocycles. The fraction of sp³-hybridized carbons (Fsp3) is 0.286. The van der Waals surface area contributed by atoms with Crippen molar-refractivity contribution in [3.8, 4) is 0 Å². The van der Waals surface area contributed by atoms with Crippen molar-refractivity contribution in [2.75, 3.05) is 6.54 Å². The molecule has 1 atom stereocenters. The van der Waals surface area contributed by atoms with Crippen LogP contribution in [0.2, 0.25) is 0 Å². The maximum absolute atomic E-state index is 8.59. The number of amidine groups is 1. The second kappa shape index (κ2) is 6.15. The molecule has 19 heavy (non-hydrogen) atoms. The van der Waals surface area contributed by atoms with Gasteiger partial charge >= 0.3 is 0 Å². The molecule has 0 aliphatic rings. The monoisotopic (exact) mass is 258 g/mol. The summed E-state index contributed by atoms with van der Waals surface area (Å²) < 4.78 is 0. The molecule has 2 aromatic rings. The Morgan fingerprint density at radius 1 is 1.42 bits per heavy atom. The third kappa shape index (κ3) is 3.20. The quantitative estimate of drug-likeness (QED) is 0.330. The molecule has 5 nitrogen and oxygen atoms in total. The number of hydrogen-bond acceptors (Lipinski definition) is 4. The standard InChI is InChI=1S/C14H18N4O/c1-10(14(15)18-19)8-16-9-12-5-2-4-11-6-3-7-17-13(11)12/h2-7,10,16,19H,8-9H2,1H3,(H2,15,18). The van der Waals surface area contributed by atoms with E-state index in [1.165, 1.54) is 0 Å². The number of nitrogens with two attached hydrogens (primary N) is 1. The van der Waals surface area contributed by atoms with E-state index < -0.39 is 0 Å². The average molecular weight is 258 g/mol. The summed E-state index contributed by atoms with van der Waals surface area (Å²) in [6.07, 6.45) is 1.80. The lowest BCUT2D eigenvalue weighted by Crippen LogP contribution is -2.31. The molecule has 5 heteroatoms. The van der Waals surface area contributed by atoms with E-state index >= 15 is 0 Å². The lowest BCUT2D eigenvalue weighted by molar-refractivity contribution is 0.314. The maximum Gasteiger partial charge on any atom is 0.143 e. The highest BCUT2D eigenvalue weighted by Crippen LogP contribution is 2.15. The zero-order valence-electron chi connectivity index (χ0n) is 10.9. The van der Waals surface area contributed by atoms with E-state index in [0.29, 0.717) is 13.1 Å². The lowest BCUT2D eigenvalue weighted by atomic mass is 10.1. The van der Waals surface area contributed by atoms with Gasteiger partial charge in [0.25, 0.3) is 0 Å². The van der Waals surface area contributed by atoms with Gasteiger partial charge < -0.3 is 16.3 Å². The molecule has 0 saturated heterocycles. The molecule has 0 aliphatic heterocycles. The van der Waals surface area contributed by atoms with Crippen LogP contribution in [0, 0.1) is 5.92 Å². The normalized spacial score (nSPS) is 13.6. The Morgan fingerprint density at radius 3 is 3.00 bits per heavy atom. The van der Waals surface area contributed by atoms with Gasteiger partial charge in [0.2, 0.25) is 0 Å². The first-order valence-corrected chi connectivity index (χ1v) is 6.23. The van der Waals surface area contributed by atoms with Gasteiger partial charge in [-0.15, -0.1) is 0 Å². The molecule has 1 unspecified atom stereocenters. The summed E-state index contributed by atoms with van der Waals surface area (Å²) in [4.78, 5) is 4.40. The third-order valence-corrected chi connectivity index (χ3v) is 3.10. The molecule has 2 rings (SSSR count). The first-order chi connectivity index (χ1) is 9.22. The van der Waals surface area contributed by atoms with E-state index in [1.54, 1.807) is 6.20 Å². The van der Waals surface area contributed by atoms with E-state index in [-0.39, 0.29) is 11.8 Å². The van der Waals surface area contributed by atoms with Gasteiger partial charge in [-0.3, -0.25) is 4.98 Å². The number of pyridine rings is 1. The first-order valence-electron chi connectivity index (χ1n) is 6.23. The number of rotatable bonds is 5. The van der Waals surface area contributed by atoms with Gasteiger partial charge in [-0.2, -0.15) is 0 Å². The molecule has 1 aromatic heterocycles. The van der Waals surface area contributed by atoms with E-state index in [0.717, 1.165) is 16.5 Å². The van der Waals surface area contributed by atoms with Crippen LogP contribution in [-0.2, 0) is 6.54 Å². The van der Waals surface area contributed by atoms with E-state index in [1.807, 2.05) is 31.2 Å². The van der Waals surface area contributed by atoms with Crippen LogP contribution in [0.1, 0.15) is 12.5 Å². The Hall–Kier alpha value is -2.14. The highest BCUT2D eigenvalue weighted by atomic mass is 16.4. The van der Waals surface area contributed by atoms with E-state index in [9.17, 15) is 0 Å². The topological polar surface area (TPSA) is 83.5 Å². The molecule has 4 N–H and O–H groups in total. The zero-order valence-corrected chi connectivity index (χ0v) is 10.9. The SMILES string of the molecule is CC(CNCc1cccc2cccnc12)/C(N)=N/O. The Balaban J connectivity index is 2.02. The largest absolute Gasteiger partial charge is 0.409 e. The van der Waals surface area contributed by atoms with Crippen LogP contribution >= 0.6 is 0 Å². The second-order valence-corrected chi connectivity index (χ2v) is 4.55. The van der Waals surface area contributed by atoms with Crippen molar-refractivity contribution in [3.63, 3.8) is 0 Å². The maximum atomic E-state index is 8.59. The predicted octanol–water partition coefficient (Wildman–Crippen LogP) is 1.71. The first kappa shape index (κ1) is 13.3. The summed E-state index contributed by atoms with van der Waals surface area (Å²) in [6.45, 7) is 3.26. The highest BCUT2D eigenvalue weighted by Gasteiger charge is 2.07. The van der Waals surface area contributed by atoms with Crippen molar-refractivity contribution in [2.45, 2.75) is 13.5 Å². The Labute approximate surface area is 112 Å². The molecular formula is C14H18N4O. The molecule has 0 radical (unpaired) electrons. The van der Waals surface area contributed by atoms with E-state index in [4.69, 9.17) is 10.9 Å². The van der Waals surface area contributed by atoms with Crippen LogP contribution in [0.25, 0.3) is 10.9 Å². The highest BCUT2D eigenvalue weighted by molar-refractivity contribution is 5.82. The molecule has 0 fully saturated rings. The van der Waals surface area contributed by atoms with Gasteiger partial charge in [0.05, 0.1) is 5.52 Å². The van der Waals surface area contributed by atoms with Crippen molar-refractivity contribution in [1.29, 1.82) is 0 Å². The molecule has 0 bridgehead atoms. The molecule has 0 saturated carbocycles. The minimum absolute atomic E-state index is 0.00654. The van der Waals surface area contributed by atoms with Crippen molar-refractivity contribution in [2.24, 2.45) is 16.8 Å². The number of hydrogen-bond donors (Lipinski definition) is 3. The van der Waals surface area contributed by atoms with E-state index in [2.05, 4.69) is 21.5 Å². The van der Waals surface area contributed by atoms with Gasteiger partial charge in [0, 0.05) is 30.6 Å². The van der Waals surface area contributed by atoms with Gasteiger partial charge in [-0.25, -0.2) is 0 Å². The number of benzene rings is 1. The molecule has 0 amide bonds. The fourth-order valence-corrected chi connectivity index (χ4v) is 1.94. The van der Waals surface area contributed by atoms with Gasteiger partial charge in [-0.1, -0.05) is 36.3 Å². The molecule has 1 heterocycles. The summed E-state index contributed by atoms with van der Waals surface area (Å²) in [6, 6.07) is 10.1. The van der Waals surface area contributed by atoms with Crippen molar-refractivity contribution in [1.82, 2.24) is 10.3 Å². The van der Waals surface area contributed by atoms with Crippen LogP contribution in [0.5, 0.6) is 0 Å². The summed E-state index contributed by atoms with van der Waals surface area (Å²) in [5.41, 5.74) is 7.69. The van der Waals surface area contributed by atoms with Crippen LogP contribution in [0.15, 0.2) is 41.7 Å². The average Bonchev–Trinajstić information content (AvgIpc) is 2.46. The third-order valence-electron chi connectivity index (χ3n) is 3.10. The fourth-order valence-electron chi connectivity index (χ4n) is 1.94. The summed E-state index contributed by atoms with van der Waals surface area (Å²) in [5, 5.41) is 16.0. The number of nitrogens with zero attached hydrogens (tertiary/aromatic N) is 2. The van der Waals surface area contributed by atoms with Crippen LogP contribution in [0.4, 0.5) is 0 Å². The second-order valence-electron chi connectivity index (χ2n) is 4.55. The predicted molar refractivity (Wildman–Crippen MR) is 76.0 cm³/mol. The minimum Gasteiger partial charge on any atom is -0.409 e. The molecular weight excluding hydrogens is 240 g/mol. The van der Waals surface area contributed by atoms with Crippen LogP contribution < -0.4 is 11.1 Å². The molecule has 0 spiro atoms. The molecule has 100 valence electrons. The number of nitrogens with one attached hydrogen (secondary N) is 1. The van der Waals surface area contributed by atoms with Crippen molar-refractivity contribution in [3.05, 3.63) is 42.1 Å². The summed E-state index contributed by atoms with van der Waals surface area (Å²) >= 11 is 0. The van der Waals surface area contributed by atoms with Gasteiger partial charge in [0.1, 0.15) is 5.84 Å². The zero-order chi connectivity index (χ0) is 13.7. The van der Waals surface area contributed by atoms with Gasteiger partial charge in [0.15, 0.2) is 0 Å². The van der Waals surface area contributed by atoms with Crippen LogP contribution in [-0.4, -0.2) is 22.6 Å². The number of aromatic nitrogens is 1. The van der Waals surface area contributed by atoms with Gasteiger partial charge in [-0.05, 0) is 11.6 Å². The summed E-state index contributed by atoms with van der Waals surface area (Å²) in [5.74, 6) is 0.233. The summed E-state index contributed by atoms with van der Waals surface area (Å²) in [7, 11) is 0. The van der Waals surface area contributed by atoms with Crippen molar-refractivity contribution < 1.29 is 5.21 Å². The minimum atomic E-state index is -0.00654. The number of oxime groups is 1. The Bertz CT molecular complexity index is 577. The van der Waals surface area contributed by atoms with Crippen molar-refractivity contribution >= 4 is 16.7 Å². The molecule has 0 aliphatic carbocycles. The van der Waals surface area contributed by atoms with Crippen LogP contribution in [0.3, 0.4) is 0 Å². The number of fused-ring (bicyclic) bond motifs is 1. The Kier molecular flexibility index (Phi) is 4.30.